The van der Waals surface area contributed by atoms with Gasteiger partial charge in [-0.15, -0.1) is 0 Å². The molecule has 0 bridgehead atoms. The second kappa shape index (κ2) is 12.8. The van der Waals surface area contributed by atoms with Gasteiger partial charge < -0.3 is 0 Å². The third-order valence-electron chi connectivity index (χ3n) is 12.3. The Morgan fingerprint density at radius 2 is 0.643 bits per heavy atom. The highest BCUT2D eigenvalue weighted by Crippen LogP contribution is 2.53. The number of rotatable bonds is 4. The average molecular weight is 825 g/mol. The maximum Gasteiger partial charge on any atom is 0.0159 e. The van der Waals surface area contributed by atoms with Gasteiger partial charge in [0.15, 0.2) is 0 Å². The fourth-order valence-electron chi connectivity index (χ4n) is 9.74. The van der Waals surface area contributed by atoms with Gasteiger partial charge in [0.25, 0.3) is 0 Å². The normalized spacial score (nSPS) is 13.1. The van der Waals surface area contributed by atoms with E-state index in [0.29, 0.717) is 0 Å². The van der Waals surface area contributed by atoms with Crippen molar-refractivity contribution in [2.75, 3.05) is 0 Å². The molecule has 0 unspecified atom stereocenters. The van der Waals surface area contributed by atoms with E-state index in [1.807, 2.05) is 0 Å². The van der Waals surface area contributed by atoms with E-state index in [1.54, 1.807) is 0 Å². The van der Waals surface area contributed by atoms with Gasteiger partial charge in [0.1, 0.15) is 0 Å². The van der Waals surface area contributed by atoms with Gasteiger partial charge in [-0.1, -0.05) is 184 Å². The number of fused-ring (bicyclic) bond motifs is 7. The Balaban J connectivity index is 1.19. The average Bonchev–Trinajstić information content (AvgIpc) is 3.47. The van der Waals surface area contributed by atoms with Crippen LogP contribution in [0.15, 0.2) is 188 Å². The molecule has 56 heavy (non-hydrogen) atoms. The molecule has 1 aliphatic rings. The first-order chi connectivity index (χ1) is 27.5. The standard InChI is InChI=1S/C55H37I/c1-55(2)49-32-37(28-30-39(49)40-31-29-38(56)33-50(40)55)52-43-18-8-12-22-47(43)54(48-23-13-9-19-44(48)52)53-45-20-10-6-16-41(45)51(42-17-7-11-21-46(42)53)36-26-24-35(25-27-36)34-14-4-3-5-15-34/h3-33H,1-2H3. The van der Waals surface area contributed by atoms with E-state index in [9.17, 15) is 0 Å². The minimum absolute atomic E-state index is 0.0884. The summed E-state index contributed by atoms with van der Waals surface area (Å²) in [5.41, 5.74) is 15.5. The van der Waals surface area contributed by atoms with Crippen LogP contribution >= 0.6 is 22.6 Å². The molecule has 0 aliphatic heterocycles. The lowest BCUT2D eigenvalue weighted by Gasteiger charge is -2.24. The molecule has 0 spiro atoms. The summed E-state index contributed by atoms with van der Waals surface area (Å²) < 4.78 is 1.28. The SMILES string of the molecule is CC1(C)c2cc(I)ccc2-c2ccc(-c3c4ccccc4c(-c4c5ccccc5c(-c5ccc(-c6ccccc6)cc5)c5ccccc45)c4ccccc34)cc21. The molecule has 0 N–H and O–H groups in total. The van der Waals surface area contributed by atoms with Crippen LogP contribution in [0, 0.1) is 3.57 Å². The molecule has 11 rings (SSSR count). The van der Waals surface area contributed by atoms with Crippen molar-refractivity contribution in [3.63, 3.8) is 0 Å². The predicted octanol–water partition coefficient (Wildman–Crippen LogP) is 15.9. The third kappa shape index (κ3) is 4.97. The summed E-state index contributed by atoms with van der Waals surface area (Å²) in [6, 6.07) is 70.2. The van der Waals surface area contributed by atoms with Crippen molar-refractivity contribution in [2.24, 2.45) is 0 Å². The van der Waals surface area contributed by atoms with Crippen LogP contribution in [0.25, 0.3) is 98.7 Å². The van der Waals surface area contributed by atoms with Gasteiger partial charge in [-0.2, -0.15) is 0 Å². The van der Waals surface area contributed by atoms with Crippen LogP contribution in [0.4, 0.5) is 0 Å². The fourth-order valence-corrected chi connectivity index (χ4v) is 10.2. The molecule has 1 aliphatic carbocycles. The van der Waals surface area contributed by atoms with Crippen molar-refractivity contribution in [3.05, 3.63) is 203 Å². The highest BCUT2D eigenvalue weighted by atomic mass is 127. The largest absolute Gasteiger partial charge is 0.0622 e. The fraction of sp³-hybridized carbons (Fsp3) is 0.0545. The molecule has 10 aromatic carbocycles. The molecule has 0 fully saturated rings. The molecule has 0 aromatic heterocycles. The van der Waals surface area contributed by atoms with E-state index >= 15 is 0 Å². The van der Waals surface area contributed by atoms with Crippen LogP contribution in [0.3, 0.4) is 0 Å². The Hall–Kier alpha value is -6.03. The van der Waals surface area contributed by atoms with Crippen LogP contribution in [0.5, 0.6) is 0 Å². The molecule has 0 saturated heterocycles. The lowest BCUT2D eigenvalue weighted by Crippen LogP contribution is -2.15. The Labute approximate surface area is 341 Å². The van der Waals surface area contributed by atoms with Gasteiger partial charge in [-0.3, -0.25) is 0 Å². The van der Waals surface area contributed by atoms with Crippen molar-refractivity contribution < 1.29 is 0 Å². The third-order valence-corrected chi connectivity index (χ3v) is 13.0. The molecule has 0 atom stereocenters. The maximum atomic E-state index is 2.48. The van der Waals surface area contributed by atoms with Crippen molar-refractivity contribution >= 4 is 65.7 Å². The van der Waals surface area contributed by atoms with Crippen molar-refractivity contribution in [3.8, 4) is 55.6 Å². The van der Waals surface area contributed by atoms with Crippen LogP contribution < -0.4 is 0 Å². The van der Waals surface area contributed by atoms with Crippen LogP contribution in [0.1, 0.15) is 25.0 Å². The lowest BCUT2D eigenvalue weighted by molar-refractivity contribution is 0.660. The molecular formula is C55H37I. The predicted molar refractivity (Wildman–Crippen MR) is 248 cm³/mol. The zero-order valence-corrected chi connectivity index (χ0v) is 33.4. The van der Waals surface area contributed by atoms with Gasteiger partial charge in [-0.05, 0) is 151 Å². The highest BCUT2D eigenvalue weighted by Gasteiger charge is 2.36. The van der Waals surface area contributed by atoms with Crippen molar-refractivity contribution in [2.45, 2.75) is 19.3 Å². The first-order valence-electron chi connectivity index (χ1n) is 19.5. The number of hydrogen-bond acceptors (Lipinski definition) is 0. The van der Waals surface area contributed by atoms with Crippen molar-refractivity contribution in [1.82, 2.24) is 0 Å². The van der Waals surface area contributed by atoms with E-state index in [-0.39, 0.29) is 5.41 Å². The van der Waals surface area contributed by atoms with Crippen LogP contribution in [0.2, 0.25) is 0 Å². The summed E-state index contributed by atoms with van der Waals surface area (Å²) in [6.45, 7) is 4.77. The summed E-state index contributed by atoms with van der Waals surface area (Å²) in [5.74, 6) is 0. The summed E-state index contributed by atoms with van der Waals surface area (Å²) >= 11 is 2.45. The zero-order chi connectivity index (χ0) is 37.5. The first-order valence-corrected chi connectivity index (χ1v) is 20.5. The number of benzene rings is 10. The molecule has 0 saturated carbocycles. The second-order valence-corrected chi connectivity index (χ2v) is 16.9. The van der Waals surface area contributed by atoms with E-state index in [4.69, 9.17) is 0 Å². The summed E-state index contributed by atoms with van der Waals surface area (Å²) in [4.78, 5) is 0. The Kier molecular flexibility index (Phi) is 7.59. The first kappa shape index (κ1) is 33.3. The van der Waals surface area contributed by atoms with Crippen LogP contribution in [-0.4, -0.2) is 0 Å². The van der Waals surface area contributed by atoms with Gasteiger partial charge >= 0.3 is 0 Å². The van der Waals surface area contributed by atoms with Crippen molar-refractivity contribution in [1.29, 1.82) is 0 Å². The van der Waals surface area contributed by atoms with Crippen LogP contribution in [-0.2, 0) is 5.41 Å². The Morgan fingerprint density at radius 1 is 0.304 bits per heavy atom. The molecular weight excluding hydrogens is 788 g/mol. The molecule has 0 nitrogen and oxygen atoms in total. The monoisotopic (exact) mass is 824 g/mol. The van der Waals surface area contributed by atoms with Gasteiger partial charge in [-0.25, -0.2) is 0 Å². The molecule has 0 heterocycles. The topological polar surface area (TPSA) is 0 Å². The quantitative estimate of drug-likeness (QED) is 0.123. The van der Waals surface area contributed by atoms with Gasteiger partial charge in [0.05, 0.1) is 0 Å². The van der Waals surface area contributed by atoms with E-state index in [2.05, 4.69) is 224 Å². The van der Waals surface area contributed by atoms with Gasteiger partial charge in [0.2, 0.25) is 0 Å². The molecule has 0 amide bonds. The Bertz CT molecular complexity index is 3090. The number of halogens is 1. The van der Waals surface area contributed by atoms with Gasteiger partial charge in [0, 0.05) is 8.99 Å². The zero-order valence-electron chi connectivity index (χ0n) is 31.3. The minimum Gasteiger partial charge on any atom is -0.0622 e. The lowest BCUT2D eigenvalue weighted by atomic mass is 9.79. The highest BCUT2D eigenvalue weighted by molar-refractivity contribution is 14.1. The summed E-state index contributed by atoms with van der Waals surface area (Å²) in [7, 11) is 0. The van der Waals surface area contributed by atoms with E-state index in [1.165, 1.54) is 113 Å². The molecule has 264 valence electrons. The second-order valence-electron chi connectivity index (χ2n) is 15.7. The molecule has 10 aromatic rings. The summed E-state index contributed by atoms with van der Waals surface area (Å²) in [5, 5.41) is 10.2. The van der Waals surface area contributed by atoms with E-state index < -0.39 is 0 Å². The maximum absolute atomic E-state index is 2.48. The number of hydrogen-bond donors (Lipinski definition) is 0. The summed E-state index contributed by atoms with van der Waals surface area (Å²) in [6.07, 6.45) is 0. The smallest absolute Gasteiger partial charge is 0.0159 e. The Morgan fingerprint density at radius 3 is 1.12 bits per heavy atom. The minimum atomic E-state index is -0.0884. The molecule has 1 heteroatoms. The van der Waals surface area contributed by atoms with E-state index in [0.717, 1.165) is 0 Å². The molecule has 0 radical (unpaired) electrons.